The molecular formula is C16H23F4N3O2. The third-order valence-electron chi connectivity index (χ3n) is 2.94. The summed E-state index contributed by atoms with van der Waals surface area (Å²) >= 11 is 0. The van der Waals surface area contributed by atoms with Crippen LogP contribution in [-0.4, -0.2) is 51.6 Å². The summed E-state index contributed by atoms with van der Waals surface area (Å²) in [6.07, 6.45) is -4.13. The van der Waals surface area contributed by atoms with Gasteiger partial charge in [-0.2, -0.15) is 13.2 Å². The van der Waals surface area contributed by atoms with Crippen molar-refractivity contribution >= 4 is 5.96 Å². The minimum Gasteiger partial charge on any atom is -0.489 e. The normalized spacial score (nSPS) is 13.4. The SMILES string of the molecule is CN=C(NCCCOCC(F)(F)F)NCC(C)Oc1cccc(F)c1. The van der Waals surface area contributed by atoms with Crippen LogP contribution in [0, 0.1) is 5.82 Å². The van der Waals surface area contributed by atoms with E-state index in [2.05, 4.69) is 20.4 Å². The van der Waals surface area contributed by atoms with Crippen LogP contribution in [0.1, 0.15) is 13.3 Å². The molecule has 0 amide bonds. The van der Waals surface area contributed by atoms with Crippen LogP contribution in [0.5, 0.6) is 5.75 Å². The van der Waals surface area contributed by atoms with Crippen molar-refractivity contribution in [2.24, 2.45) is 4.99 Å². The van der Waals surface area contributed by atoms with Gasteiger partial charge in [0.1, 0.15) is 24.3 Å². The Bertz CT molecular complexity index is 538. The lowest BCUT2D eigenvalue weighted by atomic mass is 10.3. The minimum absolute atomic E-state index is 0.00257. The molecule has 0 spiro atoms. The number of rotatable bonds is 9. The van der Waals surface area contributed by atoms with E-state index in [4.69, 9.17) is 4.74 Å². The predicted molar refractivity (Wildman–Crippen MR) is 87.3 cm³/mol. The Balaban J connectivity index is 2.19. The van der Waals surface area contributed by atoms with Crippen molar-refractivity contribution < 1.29 is 27.0 Å². The molecule has 0 aliphatic rings. The largest absolute Gasteiger partial charge is 0.489 e. The summed E-state index contributed by atoms with van der Waals surface area (Å²) < 4.78 is 58.9. The van der Waals surface area contributed by atoms with Crippen LogP contribution in [0.2, 0.25) is 0 Å². The summed E-state index contributed by atoms with van der Waals surface area (Å²) in [5.74, 6) is 0.549. The Morgan fingerprint density at radius 2 is 2.04 bits per heavy atom. The van der Waals surface area contributed by atoms with Crippen molar-refractivity contribution in [2.75, 3.05) is 33.4 Å². The van der Waals surface area contributed by atoms with Crippen molar-refractivity contribution in [2.45, 2.75) is 25.6 Å². The third kappa shape index (κ3) is 10.4. The highest BCUT2D eigenvalue weighted by atomic mass is 19.4. The zero-order valence-corrected chi connectivity index (χ0v) is 14.2. The maximum atomic E-state index is 13.1. The molecule has 1 rings (SSSR count). The van der Waals surface area contributed by atoms with E-state index in [1.165, 1.54) is 12.1 Å². The van der Waals surface area contributed by atoms with Gasteiger partial charge in [-0.05, 0) is 25.5 Å². The fourth-order valence-electron chi connectivity index (χ4n) is 1.84. The number of ether oxygens (including phenoxy) is 2. The average molecular weight is 365 g/mol. The number of alkyl halides is 3. The van der Waals surface area contributed by atoms with E-state index < -0.39 is 12.8 Å². The molecule has 1 aromatic carbocycles. The molecule has 0 radical (unpaired) electrons. The quantitative estimate of drug-likeness (QED) is 0.306. The molecule has 0 saturated carbocycles. The van der Waals surface area contributed by atoms with Crippen LogP contribution in [0.25, 0.3) is 0 Å². The second-order valence-electron chi connectivity index (χ2n) is 5.29. The first-order valence-corrected chi connectivity index (χ1v) is 7.81. The summed E-state index contributed by atoms with van der Waals surface area (Å²) in [5.41, 5.74) is 0. The first kappa shape index (κ1) is 21.0. The van der Waals surface area contributed by atoms with Gasteiger partial charge in [-0.25, -0.2) is 4.39 Å². The maximum absolute atomic E-state index is 13.1. The molecule has 2 N–H and O–H groups in total. The molecule has 0 aromatic heterocycles. The van der Waals surface area contributed by atoms with Gasteiger partial charge in [0.05, 0.1) is 6.54 Å². The van der Waals surface area contributed by atoms with Crippen molar-refractivity contribution in [1.29, 1.82) is 0 Å². The van der Waals surface area contributed by atoms with Crippen LogP contribution in [-0.2, 0) is 4.74 Å². The summed E-state index contributed by atoms with van der Waals surface area (Å²) in [6, 6.07) is 5.85. The van der Waals surface area contributed by atoms with E-state index in [-0.39, 0.29) is 18.5 Å². The van der Waals surface area contributed by atoms with Crippen molar-refractivity contribution in [1.82, 2.24) is 10.6 Å². The highest BCUT2D eigenvalue weighted by Gasteiger charge is 2.27. The van der Waals surface area contributed by atoms with Crippen LogP contribution < -0.4 is 15.4 Å². The third-order valence-corrected chi connectivity index (χ3v) is 2.94. The number of halogens is 4. The Morgan fingerprint density at radius 1 is 1.28 bits per heavy atom. The lowest BCUT2D eigenvalue weighted by Gasteiger charge is -2.17. The summed E-state index contributed by atoms with van der Waals surface area (Å²) in [4.78, 5) is 4.00. The second kappa shape index (κ2) is 10.8. The first-order valence-electron chi connectivity index (χ1n) is 7.81. The van der Waals surface area contributed by atoms with Gasteiger partial charge in [-0.1, -0.05) is 6.07 Å². The van der Waals surface area contributed by atoms with Gasteiger partial charge in [0.2, 0.25) is 0 Å². The van der Waals surface area contributed by atoms with E-state index in [9.17, 15) is 17.6 Å². The number of hydrogen-bond donors (Lipinski definition) is 2. The highest BCUT2D eigenvalue weighted by Crippen LogP contribution is 2.14. The van der Waals surface area contributed by atoms with Crippen molar-refractivity contribution in [3.63, 3.8) is 0 Å². The summed E-state index contributed by atoms with van der Waals surface area (Å²) in [7, 11) is 1.58. The topological polar surface area (TPSA) is 54.9 Å². The summed E-state index contributed by atoms with van der Waals surface area (Å²) in [5, 5.41) is 5.98. The summed E-state index contributed by atoms with van der Waals surface area (Å²) in [6.45, 7) is 1.41. The fraction of sp³-hybridized carbons (Fsp3) is 0.562. The molecule has 9 heteroatoms. The van der Waals surface area contributed by atoms with Crippen molar-refractivity contribution in [3.05, 3.63) is 30.1 Å². The number of benzene rings is 1. The van der Waals surface area contributed by atoms with Gasteiger partial charge >= 0.3 is 6.18 Å². The molecule has 142 valence electrons. The zero-order valence-electron chi connectivity index (χ0n) is 14.2. The van der Waals surface area contributed by atoms with E-state index in [1.54, 1.807) is 19.2 Å². The minimum atomic E-state index is -4.30. The zero-order chi connectivity index (χ0) is 18.7. The molecule has 0 saturated heterocycles. The smallest absolute Gasteiger partial charge is 0.411 e. The highest BCUT2D eigenvalue weighted by molar-refractivity contribution is 5.79. The van der Waals surface area contributed by atoms with Gasteiger partial charge < -0.3 is 20.1 Å². The number of aliphatic imine (C=N–C) groups is 1. The molecule has 0 aliphatic heterocycles. The molecular weight excluding hydrogens is 342 g/mol. The molecule has 1 atom stereocenters. The molecule has 0 aliphatic carbocycles. The van der Waals surface area contributed by atoms with E-state index in [0.717, 1.165) is 0 Å². The standard InChI is InChI=1S/C16H23F4N3O2/c1-12(25-14-6-3-5-13(17)9-14)10-23-15(21-2)22-7-4-8-24-11-16(18,19)20/h3,5-6,9,12H,4,7-8,10-11H2,1-2H3,(H2,21,22,23). The fourth-order valence-corrected chi connectivity index (χ4v) is 1.84. The average Bonchev–Trinajstić information content (AvgIpc) is 2.52. The van der Waals surface area contributed by atoms with Gasteiger partial charge in [0.25, 0.3) is 0 Å². The number of nitrogens with zero attached hydrogens (tertiary/aromatic N) is 1. The van der Waals surface area contributed by atoms with Crippen LogP contribution in [0.4, 0.5) is 17.6 Å². The molecule has 0 heterocycles. The molecule has 1 aromatic rings. The number of nitrogens with one attached hydrogen (secondary N) is 2. The first-order chi connectivity index (χ1) is 11.8. The number of guanidine groups is 1. The Hall–Kier alpha value is -2.03. The molecule has 1 unspecified atom stereocenters. The maximum Gasteiger partial charge on any atom is 0.411 e. The Labute approximate surface area is 144 Å². The van der Waals surface area contributed by atoms with Gasteiger partial charge in [0, 0.05) is 26.3 Å². The van der Waals surface area contributed by atoms with Crippen molar-refractivity contribution in [3.8, 4) is 5.75 Å². The van der Waals surface area contributed by atoms with Crippen LogP contribution in [0.15, 0.2) is 29.3 Å². The van der Waals surface area contributed by atoms with Gasteiger partial charge in [-0.15, -0.1) is 0 Å². The van der Waals surface area contributed by atoms with E-state index in [1.807, 2.05) is 6.92 Å². The Kier molecular flexibility index (Phi) is 9.04. The van der Waals surface area contributed by atoms with Crippen LogP contribution in [0.3, 0.4) is 0 Å². The van der Waals surface area contributed by atoms with Crippen LogP contribution >= 0.6 is 0 Å². The molecule has 5 nitrogen and oxygen atoms in total. The monoisotopic (exact) mass is 365 g/mol. The molecule has 25 heavy (non-hydrogen) atoms. The lowest BCUT2D eigenvalue weighted by Crippen LogP contribution is -2.42. The van der Waals surface area contributed by atoms with Gasteiger partial charge in [-0.3, -0.25) is 4.99 Å². The predicted octanol–water partition coefficient (Wildman–Crippen LogP) is 2.73. The molecule has 0 fully saturated rings. The van der Waals surface area contributed by atoms with Gasteiger partial charge in [0.15, 0.2) is 5.96 Å². The lowest BCUT2D eigenvalue weighted by molar-refractivity contribution is -0.173. The Morgan fingerprint density at radius 3 is 2.68 bits per heavy atom. The van der Waals surface area contributed by atoms with E-state index >= 15 is 0 Å². The number of hydrogen-bond acceptors (Lipinski definition) is 3. The van der Waals surface area contributed by atoms with E-state index in [0.29, 0.717) is 31.2 Å². The molecule has 0 bridgehead atoms. The second-order valence-corrected chi connectivity index (χ2v) is 5.29.